The second-order valence-electron chi connectivity index (χ2n) is 2.71. The fourth-order valence-corrected chi connectivity index (χ4v) is 0.838. The van der Waals surface area contributed by atoms with E-state index >= 15 is 0 Å². The monoisotopic (exact) mass is 212 g/mol. The normalized spacial score (nSPS) is 9.07. The Balaban J connectivity index is 3.34. The zero-order valence-electron chi connectivity index (χ0n) is 8.84. The molecule has 0 aromatic rings. The number of esters is 1. The average molecular weight is 212 g/mol. The SMILES string of the molecule is C#CCNC(=O)CNCCC(=O)OCC. The Morgan fingerprint density at radius 2 is 2.20 bits per heavy atom. The first kappa shape index (κ1) is 13.5. The van der Waals surface area contributed by atoms with Gasteiger partial charge in [0.25, 0.3) is 0 Å². The highest BCUT2D eigenvalue weighted by Crippen LogP contribution is 1.83. The number of carbonyl (C=O) groups excluding carboxylic acids is 2. The van der Waals surface area contributed by atoms with Crippen LogP contribution < -0.4 is 10.6 Å². The predicted octanol–water partition coefficient (Wildman–Crippen LogP) is -0.721. The van der Waals surface area contributed by atoms with Crippen LogP contribution in [0.2, 0.25) is 0 Å². The molecule has 5 nitrogen and oxygen atoms in total. The first-order chi connectivity index (χ1) is 7.20. The highest BCUT2D eigenvalue weighted by Gasteiger charge is 2.02. The fourth-order valence-electron chi connectivity index (χ4n) is 0.838. The van der Waals surface area contributed by atoms with Gasteiger partial charge in [-0.05, 0) is 6.92 Å². The van der Waals surface area contributed by atoms with Crippen LogP contribution in [0.4, 0.5) is 0 Å². The molecule has 0 aliphatic rings. The minimum Gasteiger partial charge on any atom is -0.466 e. The zero-order chi connectivity index (χ0) is 11.5. The van der Waals surface area contributed by atoms with Crippen molar-refractivity contribution in [2.24, 2.45) is 0 Å². The van der Waals surface area contributed by atoms with Crippen molar-refractivity contribution in [3.8, 4) is 12.3 Å². The number of hydrogen-bond donors (Lipinski definition) is 2. The topological polar surface area (TPSA) is 67.4 Å². The number of terminal acetylenes is 1. The highest BCUT2D eigenvalue weighted by atomic mass is 16.5. The number of carbonyl (C=O) groups is 2. The molecule has 0 spiro atoms. The van der Waals surface area contributed by atoms with Gasteiger partial charge in [0.05, 0.1) is 26.1 Å². The molecule has 0 aromatic heterocycles. The molecule has 0 bridgehead atoms. The molecular formula is C10H16N2O3. The molecule has 0 saturated carbocycles. The molecular weight excluding hydrogens is 196 g/mol. The van der Waals surface area contributed by atoms with E-state index < -0.39 is 0 Å². The Kier molecular flexibility index (Phi) is 8.10. The smallest absolute Gasteiger partial charge is 0.307 e. The van der Waals surface area contributed by atoms with Gasteiger partial charge >= 0.3 is 5.97 Å². The lowest BCUT2D eigenvalue weighted by Crippen LogP contribution is -2.34. The Morgan fingerprint density at radius 3 is 2.80 bits per heavy atom. The predicted molar refractivity (Wildman–Crippen MR) is 56.0 cm³/mol. The quantitative estimate of drug-likeness (QED) is 0.332. The summed E-state index contributed by atoms with van der Waals surface area (Å²) in [6.07, 6.45) is 5.22. The van der Waals surface area contributed by atoms with Crippen molar-refractivity contribution in [3.63, 3.8) is 0 Å². The summed E-state index contributed by atoms with van der Waals surface area (Å²) in [5.74, 6) is 1.84. The Morgan fingerprint density at radius 1 is 1.47 bits per heavy atom. The van der Waals surface area contributed by atoms with Gasteiger partial charge in [0, 0.05) is 6.54 Å². The van der Waals surface area contributed by atoms with Crippen molar-refractivity contribution >= 4 is 11.9 Å². The summed E-state index contributed by atoms with van der Waals surface area (Å²) in [7, 11) is 0. The molecule has 84 valence electrons. The van der Waals surface area contributed by atoms with Gasteiger partial charge in [-0.15, -0.1) is 6.42 Å². The third-order valence-electron chi connectivity index (χ3n) is 1.48. The molecule has 0 aromatic carbocycles. The minimum absolute atomic E-state index is 0.154. The van der Waals surface area contributed by atoms with Crippen molar-refractivity contribution < 1.29 is 14.3 Å². The summed E-state index contributed by atoms with van der Waals surface area (Å²) in [5.41, 5.74) is 0. The number of amides is 1. The molecule has 0 aliphatic carbocycles. The molecule has 0 saturated heterocycles. The fraction of sp³-hybridized carbons (Fsp3) is 0.600. The van der Waals surface area contributed by atoms with Gasteiger partial charge in [0.15, 0.2) is 0 Å². The summed E-state index contributed by atoms with van der Waals surface area (Å²) in [6, 6.07) is 0. The summed E-state index contributed by atoms with van der Waals surface area (Å²) in [4.78, 5) is 21.9. The van der Waals surface area contributed by atoms with Crippen LogP contribution in [-0.4, -0.2) is 38.1 Å². The van der Waals surface area contributed by atoms with Crippen LogP contribution in [0.3, 0.4) is 0 Å². The molecule has 0 unspecified atom stereocenters. The molecule has 0 radical (unpaired) electrons. The average Bonchev–Trinajstić information content (AvgIpc) is 2.22. The van der Waals surface area contributed by atoms with Crippen LogP contribution in [0, 0.1) is 12.3 Å². The van der Waals surface area contributed by atoms with Crippen molar-refractivity contribution in [1.82, 2.24) is 10.6 Å². The lowest BCUT2D eigenvalue weighted by atomic mass is 10.4. The molecule has 1 amide bonds. The first-order valence-corrected chi connectivity index (χ1v) is 4.77. The third kappa shape index (κ3) is 8.78. The van der Waals surface area contributed by atoms with Crippen molar-refractivity contribution in [2.45, 2.75) is 13.3 Å². The summed E-state index contributed by atoms with van der Waals surface area (Å²) in [5, 5.41) is 5.29. The highest BCUT2D eigenvalue weighted by molar-refractivity contribution is 5.78. The van der Waals surface area contributed by atoms with Crippen LogP contribution in [0.1, 0.15) is 13.3 Å². The van der Waals surface area contributed by atoms with E-state index in [9.17, 15) is 9.59 Å². The van der Waals surface area contributed by atoms with Gasteiger partial charge in [-0.1, -0.05) is 5.92 Å². The van der Waals surface area contributed by atoms with Crippen LogP contribution in [0.15, 0.2) is 0 Å². The van der Waals surface area contributed by atoms with Crippen molar-refractivity contribution in [2.75, 3.05) is 26.2 Å². The Hall–Kier alpha value is -1.54. The molecule has 0 heterocycles. The molecule has 5 heteroatoms. The van der Waals surface area contributed by atoms with Crippen LogP contribution in [0.25, 0.3) is 0 Å². The Labute approximate surface area is 89.6 Å². The maximum atomic E-state index is 11.0. The lowest BCUT2D eigenvalue weighted by Gasteiger charge is -2.04. The number of ether oxygens (including phenoxy) is 1. The van der Waals surface area contributed by atoms with Gasteiger partial charge in [0.1, 0.15) is 0 Å². The van der Waals surface area contributed by atoms with E-state index in [-0.39, 0.29) is 31.4 Å². The van der Waals surface area contributed by atoms with E-state index in [0.29, 0.717) is 13.2 Å². The third-order valence-corrected chi connectivity index (χ3v) is 1.48. The number of nitrogens with one attached hydrogen (secondary N) is 2. The van der Waals surface area contributed by atoms with Crippen LogP contribution in [-0.2, 0) is 14.3 Å². The van der Waals surface area contributed by atoms with E-state index in [4.69, 9.17) is 11.2 Å². The maximum absolute atomic E-state index is 11.0. The van der Waals surface area contributed by atoms with Crippen molar-refractivity contribution in [1.29, 1.82) is 0 Å². The molecule has 0 fully saturated rings. The second kappa shape index (κ2) is 9.03. The number of rotatable bonds is 7. The summed E-state index contributed by atoms with van der Waals surface area (Å²) in [6.45, 7) is 2.92. The molecule has 0 rings (SSSR count). The second-order valence-corrected chi connectivity index (χ2v) is 2.71. The summed E-state index contributed by atoms with van der Waals surface area (Å²) >= 11 is 0. The van der Waals surface area contributed by atoms with Crippen molar-refractivity contribution in [3.05, 3.63) is 0 Å². The van der Waals surface area contributed by atoms with E-state index in [1.54, 1.807) is 6.92 Å². The molecule has 0 aliphatic heterocycles. The molecule has 0 atom stereocenters. The molecule has 15 heavy (non-hydrogen) atoms. The first-order valence-electron chi connectivity index (χ1n) is 4.77. The van der Waals surface area contributed by atoms with Gasteiger partial charge < -0.3 is 15.4 Å². The van der Waals surface area contributed by atoms with E-state index in [0.717, 1.165) is 0 Å². The minimum atomic E-state index is -0.269. The molecule has 2 N–H and O–H groups in total. The van der Waals surface area contributed by atoms with E-state index in [1.807, 2.05) is 0 Å². The van der Waals surface area contributed by atoms with Crippen LogP contribution >= 0.6 is 0 Å². The zero-order valence-corrected chi connectivity index (χ0v) is 8.84. The van der Waals surface area contributed by atoms with Gasteiger partial charge in [-0.2, -0.15) is 0 Å². The maximum Gasteiger partial charge on any atom is 0.307 e. The largest absolute Gasteiger partial charge is 0.466 e. The van der Waals surface area contributed by atoms with Gasteiger partial charge in [0.2, 0.25) is 5.91 Å². The number of hydrogen-bond acceptors (Lipinski definition) is 4. The Bertz CT molecular complexity index is 246. The van der Waals surface area contributed by atoms with Gasteiger partial charge in [-0.25, -0.2) is 0 Å². The van der Waals surface area contributed by atoms with Gasteiger partial charge in [-0.3, -0.25) is 9.59 Å². The summed E-state index contributed by atoms with van der Waals surface area (Å²) < 4.78 is 4.71. The van der Waals surface area contributed by atoms with E-state index in [1.165, 1.54) is 0 Å². The van der Waals surface area contributed by atoms with Crippen LogP contribution in [0.5, 0.6) is 0 Å². The standard InChI is InChI=1S/C10H16N2O3/c1-3-6-12-9(13)8-11-7-5-10(14)15-4-2/h1,11H,4-8H2,2H3,(H,12,13). The lowest BCUT2D eigenvalue weighted by molar-refractivity contribution is -0.143. The van der Waals surface area contributed by atoms with E-state index in [2.05, 4.69) is 16.6 Å².